The summed E-state index contributed by atoms with van der Waals surface area (Å²) in [5.74, 6) is 0.351. The van der Waals surface area contributed by atoms with Crippen molar-refractivity contribution in [2.24, 2.45) is 0 Å². The number of hydrogen-bond donors (Lipinski definition) is 1. The lowest BCUT2D eigenvalue weighted by molar-refractivity contribution is 0.0572. The van der Waals surface area contributed by atoms with Crippen molar-refractivity contribution in [1.29, 1.82) is 0 Å². The number of aryl methyl sites for hydroxylation is 1. The van der Waals surface area contributed by atoms with Crippen LogP contribution < -0.4 is 5.56 Å². The average molecular weight is 443 g/mol. The highest BCUT2D eigenvalue weighted by Gasteiger charge is 2.23. The van der Waals surface area contributed by atoms with Gasteiger partial charge < -0.3 is 19.0 Å². The molecule has 0 aliphatic rings. The standard InChI is InChI=1S/C27H26N2O4/c1-20-8-7-11-22(16-20)24(30)19-29(17-21-9-3-2-4-10-21)27(32)25-14-13-23(33-25)18-28-15-6-5-12-26(28)31/h2-16,24,30H,17-19H2,1H3/t24-/m1/s1. The maximum Gasteiger partial charge on any atom is 0.289 e. The van der Waals surface area contributed by atoms with Crippen molar-refractivity contribution >= 4 is 5.91 Å². The second-order valence-corrected chi connectivity index (χ2v) is 8.03. The Morgan fingerprint density at radius 2 is 1.79 bits per heavy atom. The number of aliphatic hydroxyl groups is 1. The minimum Gasteiger partial charge on any atom is -0.454 e. The van der Waals surface area contributed by atoms with Gasteiger partial charge in [-0.15, -0.1) is 0 Å². The van der Waals surface area contributed by atoms with Crippen LogP contribution in [-0.4, -0.2) is 27.0 Å². The van der Waals surface area contributed by atoms with E-state index in [1.54, 1.807) is 35.4 Å². The van der Waals surface area contributed by atoms with Gasteiger partial charge in [0, 0.05) is 18.8 Å². The Balaban J connectivity index is 1.56. The average Bonchev–Trinajstić information content (AvgIpc) is 3.29. The number of nitrogens with zero attached hydrogens (tertiary/aromatic N) is 2. The third kappa shape index (κ3) is 5.67. The number of carbonyl (C=O) groups is 1. The number of rotatable bonds is 8. The summed E-state index contributed by atoms with van der Waals surface area (Å²) in [4.78, 5) is 26.9. The molecule has 0 spiro atoms. The molecule has 168 valence electrons. The zero-order valence-corrected chi connectivity index (χ0v) is 18.4. The van der Waals surface area contributed by atoms with Gasteiger partial charge in [0.25, 0.3) is 11.5 Å². The van der Waals surface area contributed by atoms with Gasteiger partial charge in [-0.05, 0) is 36.2 Å². The molecule has 0 unspecified atom stereocenters. The third-order valence-electron chi connectivity index (χ3n) is 5.42. The van der Waals surface area contributed by atoms with E-state index >= 15 is 0 Å². The van der Waals surface area contributed by atoms with Crippen LogP contribution in [-0.2, 0) is 13.1 Å². The van der Waals surface area contributed by atoms with Gasteiger partial charge in [-0.25, -0.2) is 0 Å². The van der Waals surface area contributed by atoms with Gasteiger partial charge in [0.05, 0.1) is 19.2 Å². The molecule has 1 atom stereocenters. The van der Waals surface area contributed by atoms with Gasteiger partial charge in [0.15, 0.2) is 5.76 Å². The molecular formula is C27H26N2O4. The van der Waals surface area contributed by atoms with E-state index in [0.29, 0.717) is 12.3 Å². The minimum atomic E-state index is -0.838. The van der Waals surface area contributed by atoms with Crippen molar-refractivity contribution in [1.82, 2.24) is 9.47 Å². The summed E-state index contributed by atoms with van der Waals surface area (Å²) in [6, 6.07) is 25.5. The maximum atomic E-state index is 13.4. The second-order valence-electron chi connectivity index (χ2n) is 8.03. The van der Waals surface area contributed by atoms with Crippen molar-refractivity contribution < 1.29 is 14.3 Å². The van der Waals surface area contributed by atoms with Crippen LogP contribution in [0, 0.1) is 6.92 Å². The summed E-state index contributed by atoms with van der Waals surface area (Å²) in [6.07, 6.45) is 0.835. The van der Waals surface area contributed by atoms with E-state index in [1.807, 2.05) is 61.5 Å². The molecule has 0 aliphatic heterocycles. The highest BCUT2D eigenvalue weighted by molar-refractivity contribution is 5.91. The van der Waals surface area contributed by atoms with Gasteiger partial charge in [0.2, 0.25) is 0 Å². The third-order valence-corrected chi connectivity index (χ3v) is 5.42. The van der Waals surface area contributed by atoms with E-state index in [4.69, 9.17) is 4.42 Å². The number of amides is 1. The Morgan fingerprint density at radius 1 is 1.00 bits per heavy atom. The number of carbonyl (C=O) groups excluding carboxylic acids is 1. The van der Waals surface area contributed by atoms with Crippen molar-refractivity contribution in [3.05, 3.63) is 130 Å². The molecule has 0 bridgehead atoms. The van der Waals surface area contributed by atoms with Crippen LogP contribution in [0.1, 0.15) is 39.1 Å². The molecule has 0 radical (unpaired) electrons. The van der Waals surface area contributed by atoms with E-state index < -0.39 is 6.10 Å². The highest BCUT2D eigenvalue weighted by atomic mass is 16.4. The SMILES string of the molecule is Cc1cccc([C@H](O)CN(Cc2ccccc2)C(=O)c2ccc(Cn3ccccc3=O)o2)c1. The molecule has 0 aliphatic carbocycles. The number of pyridine rings is 1. The van der Waals surface area contributed by atoms with Crippen LogP contribution in [0.25, 0.3) is 0 Å². The Labute approximate surface area is 192 Å². The number of aromatic nitrogens is 1. The van der Waals surface area contributed by atoms with Crippen molar-refractivity contribution in [2.75, 3.05) is 6.54 Å². The van der Waals surface area contributed by atoms with Gasteiger partial charge in [-0.2, -0.15) is 0 Å². The van der Waals surface area contributed by atoms with Crippen LogP contribution >= 0.6 is 0 Å². The fraction of sp³-hybridized carbons (Fsp3) is 0.185. The Hall–Kier alpha value is -3.90. The van der Waals surface area contributed by atoms with Crippen molar-refractivity contribution in [2.45, 2.75) is 26.1 Å². The second kappa shape index (κ2) is 10.1. The van der Waals surface area contributed by atoms with Crippen LogP contribution in [0.3, 0.4) is 0 Å². The lowest BCUT2D eigenvalue weighted by Crippen LogP contribution is -2.34. The summed E-state index contributed by atoms with van der Waals surface area (Å²) in [7, 11) is 0. The van der Waals surface area contributed by atoms with Gasteiger partial charge in [0.1, 0.15) is 5.76 Å². The van der Waals surface area contributed by atoms with Crippen LogP contribution in [0.5, 0.6) is 0 Å². The lowest BCUT2D eigenvalue weighted by atomic mass is 10.1. The number of hydrogen-bond acceptors (Lipinski definition) is 4. The summed E-state index contributed by atoms with van der Waals surface area (Å²) in [6.45, 7) is 2.64. The maximum absolute atomic E-state index is 13.4. The molecule has 1 N–H and O–H groups in total. The summed E-state index contributed by atoms with van der Waals surface area (Å²) >= 11 is 0. The topological polar surface area (TPSA) is 75.7 Å². The molecule has 6 nitrogen and oxygen atoms in total. The quantitative estimate of drug-likeness (QED) is 0.444. The predicted octanol–water partition coefficient (Wildman–Crippen LogP) is 4.17. The zero-order valence-electron chi connectivity index (χ0n) is 18.4. The smallest absolute Gasteiger partial charge is 0.289 e. The summed E-state index contributed by atoms with van der Waals surface area (Å²) in [5, 5.41) is 10.9. The van der Waals surface area contributed by atoms with Crippen LogP contribution in [0.2, 0.25) is 0 Å². The van der Waals surface area contributed by atoms with E-state index in [0.717, 1.165) is 16.7 Å². The first-order valence-corrected chi connectivity index (χ1v) is 10.8. The molecule has 0 saturated heterocycles. The molecule has 6 heteroatoms. The molecular weight excluding hydrogens is 416 g/mol. The molecule has 4 rings (SSSR count). The molecule has 4 aromatic rings. The number of furan rings is 1. The predicted molar refractivity (Wildman–Crippen MR) is 126 cm³/mol. The van der Waals surface area contributed by atoms with Crippen LogP contribution in [0.15, 0.2) is 100 Å². The Bertz CT molecular complexity index is 1280. The van der Waals surface area contributed by atoms with Gasteiger partial charge in [-0.1, -0.05) is 66.2 Å². The van der Waals surface area contributed by atoms with E-state index in [2.05, 4.69) is 0 Å². The highest BCUT2D eigenvalue weighted by Crippen LogP contribution is 2.20. The number of benzene rings is 2. The molecule has 0 fully saturated rings. The Kier molecular flexibility index (Phi) is 6.86. The van der Waals surface area contributed by atoms with Gasteiger partial charge >= 0.3 is 0 Å². The molecule has 2 heterocycles. The number of aliphatic hydroxyl groups excluding tert-OH is 1. The van der Waals surface area contributed by atoms with Crippen LogP contribution in [0.4, 0.5) is 0 Å². The molecule has 2 aromatic heterocycles. The first-order chi connectivity index (χ1) is 16.0. The molecule has 2 aromatic carbocycles. The molecule has 33 heavy (non-hydrogen) atoms. The summed E-state index contributed by atoms with van der Waals surface area (Å²) < 4.78 is 7.31. The fourth-order valence-electron chi connectivity index (χ4n) is 3.71. The minimum absolute atomic E-state index is 0.116. The monoisotopic (exact) mass is 442 g/mol. The Morgan fingerprint density at radius 3 is 2.55 bits per heavy atom. The lowest BCUT2D eigenvalue weighted by Gasteiger charge is -2.25. The largest absolute Gasteiger partial charge is 0.454 e. The van der Waals surface area contributed by atoms with E-state index in [9.17, 15) is 14.7 Å². The van der Waals surface area contributed by atoms with E-state index in [-0.39, 0.29) is 30.3 Å². The summed E-state index contributed by atoms with van der Waals surface area (Å²) in [5.41, 5.74) is 2.60. The van der Waals surface area contributed by atoms with E-state index in [1.165, 1.54) is 10.6 Å². The zero-order chi connectivity index (χ0) is 23.2. The fourth-order valence-corrected chi connectivity index (χ4v) is 3.71. The first kappa shape index (κ1) is 22.3. The normalized spacial score (nSPS) is 11.8. The molecule has 1 amide bonds. The van der Waals surface area contributed by atoms with Gasteiger partial charge in [-0.3, -0.25) is 9.59 Å². The van der Waals surface area contributed by atoms with Crippen molar-refractivity contribution in [3.63, 3.8) is 0 Å². The molecule has 0 saturated carbocycles. The van der Waals surface area contributed by atoms with Crippen molar-refractivity contribution in [3.8, 4) is 0 Å². The first-order valence-electron chi connectivity index (χ1n) is 10.8.